The summed E-state index contributed by atoms with van der Waals surface area (Å²) in [5.74, 6) is -0.442. The van der Waals surface area contributed by atoms with Crippen molar-refractivity contribution in [1.29, 1.82) is 0 Å². The third-order valence-electron chi connectivity index (χ3n) is 5.40. The van der Waals surface area contributed by atoms with E-state index in [2.05, 4.69) is 19.9 Å². The normalized spacial score (nSPS) is 16.0. The van der Waals surface area contributed by atoms with E-state index < -0.39 is 6.04 Å². The number of amides is 2. The molecule has 0 aliphatic heterocycles. The van der Waals surface area contributed by atoms with Crippen molar-refractivity contribution in [3.8, 4) is 0 Å². The first-order valence-corrected chi connectivity index (χ1v) is 10.6. The van der Waals surface area contributed by atoms with Crippen molar-refractivity contribution in [3.05, 3.63) is 41.2 Å². The van der Waals surface area contributed by atoms with Crippen molar-refractivity contribution in [3.63, 3.8) is 0 Å². The van der Waals surface area contributed by atoms with Gasteiger partial charge in [0.05, 0.1) is 0 Å². The number of hydrogen-bond acceptors (Lipinski definition) is 6. The van der Waals surface area contributed by atoms with Gasteiger partial charge in [0.15, 0.2) is 5.69 Å². The van der Waals surface area contributed by atoms with Crippen LogP contribution in [0.25, 0.3) is 0 Å². The van der Waals surface area contributed by atoms with Gasteiger partial charge in [0.1, 0.15) is 6.04 Å². The summed E-state index contributed by atoms with van der Waals surface area (Å²) in [7, 11) is 0. The molecule has 7 nitrogen and oxygen atoms in total. The summed E-state index contributed by atoms with van der Waals surface area (Å²) in [5.41, 5.74) is 0.619. The molecule has 1 atom stereocenters. The van der Waals surface area contributed by atoms with Crippen molar-refractivity contribution in [2.24, 2.45) is 0 Å². The minimum absolute atomic E-state index is 0.00473. The highest BCUT2D eigenvalue weighted by Crippen LogP contribution is 2.33. The number of rotatable bonds is 7. The van der Waals surface area contributed by atoms with Crippen LogP contribution >= 0.6 is 11.5 Å². The smallest absolute Gasteiger partial charge is 0.276 e. The molecular formula is C20H27N5O2S. The van der Waals surface area contributed by atoms with Crippen LogP contribution in [0, 0.1) is 0 Å². The molecule has 2 aromatic rings. The average Bonchev–Trinajstić information content (AvgIpc) is 3.39. The fourth-order valence-corrected chi connectivity index (χ4v) is 3.96. The van der Waals surface area contributed by atoms with Gasteiger partial charge in [-0.1, -0.05) is 30.3 Å². The SMILES string of the molecule is CCC(C)(C)NC(=O)C(c1cccnc1)N(C(=O)c1csnn1)C1CCCC1. The van der Waals surface area contributed by atoms with Crippen LogP contribution < -0.4 is 5.32 Å². The predicted molar refractivity (Wildman–Crippen MR) is 108 cm³/mol. The highest BCUT2D eigenvalue weighted by Gasteiger charge is 2.40. The van der Waals surface area contributed by atoms with Gasteiger partial charge in [0.25, 0.3) is 5.91 Å². The van der Waals surface area contributed by atoms with E-state index in [1.165, 1.54) is 0 Å². The fourth-order valence-electron chi connectivity index (χ4n) is 3.53. The molecule has 1 saturated carbocycles. The second kappa shape index (κ2) is 8.77. The molecule has 2 aromatic heterocycles. The van der Waals surface area contributed by atoms with E-state index in [9.17, 15) is 9.59 Å². The second-order valence-corrected chi connectivity index (χ2v) is 8.47. The zero-order chi connectivity index (χ0) is 20.1. The summed E-state index contributed by atoms with van der Waals surface area (Å²) in [6.45, 7) is 5.99. The highest BCUT2D eigenvalue weighted by molar-refractivity contribution is 7.03. The summed E-state index contributed by atoms with van der Waals surface area (Å²) in [4.78, 5) is 32.7. The van der Waals surface area contributed by atoms with Crippen LogP contribution in [-0.4, -0.2) is 42.9 Å². The van der Waals surface area contributed by atoms with E-state index in [0.717, 1.165) is 43.6 Å². The van der Waals surface area contributed by atoms with E-state index in [1.807, 2.05) is 26.8 Å². The summed E-state index contributed by atoms with van der Waals surface area (Å²) in [6.07, 6.45) is 7.97. The van der Waals surface area contributed by atoms with E-state index in [-0.39, 0.29) is 29.1 Å². The first kappa shape index (κ1) is 20.4. The maximum absolute atomic E-state index is 13.4. The molecule has 0 bridgehead atoms. The molecule has 150 valence electrons. The van der Waals surface area contributed by atoms with Crippen molar-refractivity contribution >= 4 is 23.3 Å². The Morgan fingerprint density at radius 1 is 1.36 bits per heavy atom. The second-order valence-electron chi connectivity index (χ2n) is 7.86. The fraction of sp³-hybridized carbons (Fsp3) is 0.550. The average molecular weight is 402 g/mol. The van der Waals surface area contributed by atoms with Crippen molar-refractivity contribution in [2.45, 2.75) is 70.5 Å². The van der Waals surface area contributed by atoms with Crippen LogP contribution in [0.15, 0.2) is 29.9 Å². The zero-order valence-electron chi connectivity index (χ0n) is 16.6. The quantitative estimate of drug-likeness (QED) is 0.768. The van der Waals surface area contributed by atoms with E-state index >= 15 is 0 Å². The lowest BCUT2D eigenvalue weighted by Crippen LogP contribution is -2.52. The number of aromatic nitrogens is 3. The molecule has 1 fully saturated rings. The van der Waals surface area contributed by atoms with Crippen LogP contribution in [0.4, 0.5) is 0 Å². The standard InChI is InChI=1S/C20H27N5O2S/c1-4-20(2,3)22-18(26)17(14-8-7-11-21-12-14)25(15-9-5-6-10-15)19(27)16-13-28-24-23-16/h7-8,11-13,15,17H,4-6,9-10H2,1-3H3,(H,22,26). The predicted octanol–water partition coefficient (Wildman–Crippen LogP) is 3.36. The lowest BCUT2D eigenvalue weighted by molar-refractivity contribution is -0.128. The highest BCUT2D eigenvalue weighted by atomic mass is 32.1. The molecule has 1 aliphatic rings. The molecule has 2 heterocycles. The monoisotopic (exact) mass is 401 g/mol. The van der Waals surface area contributed by atoms with Gasteiger partial charge in [-0.25, -0.2) is 0 Å². The number of carbonyl (C=O) groups excluding carboxylic acids is 2. The molecule has 1 aliphatic carbocycles. The summed E-state index contributed by atoms with van der Waals surface area (Å²) >= 11 is 1.14. The third kappa shape index (κ3) is 4.55. The molecule has 0 radical (unpaired) electrons. The van der Waals surface area contributed by atoms with E-state index in [0.29, 0.717) is 5.56 Å². The molecule has 0 saturated heterocycles. The molecular weight excluding hydrogens is 374 g/mol. The molecule has 2 amide bonds. The molecule has 1 unspecified atom stereocenters. The number of hydrogen-bond donors (Lipinski definition) is 1. The van der Waals surface area contributed by atoms with Gasteiger partial charge in [0.2, 0.25) is 5.91 Å². The Balaban J connectivity index is 2.03. The Bertz CT molecular complexity index is 788. The lowest BCUT2D eigenvalue weighted by Gasteiger charge is -2.37. The number of pyridine rings is 1. The Morgan fingerprint density at radius 3 is 2.68 bits per heavy atom. The minimum Gasteiger partial charge on any atom is -0.349 e. The van der Waals surface area contributed by atoms with Gasteiger partial charge in [0, 0.05) is 34.9 Å². The van der Waals surface area contributed by atoms with Gasteiger partial charge < -0.3 is 10.2 Å². The molecule has 0 spiro atoms. The van der Waals surface area contributed by atoms with E-state index in [1.54, 1.807) is 28.7 Å². The van der Waals surface area contributed by atoms with Crippen LogP contribution in [0.3, 0.4) is 0 Å². The largest absolute Gasteiger partial charge is 0.349 e. The van der Waals surface area contributed by atoms with Gasteiger partial charge in [-0.3, -0.25) is 14.6 Å². The maximum Gasteiger partial charge on any atom is 0.276 e. The summed E-state index contributed by atoms with van der Waals surface area (Å²) < 4.78 is 3.83. The molecule has 28 heavy (non-hydrogen) atoms. The van der Waals surface area contributed by atoms with Crippen LogP contribution in [-0.2, 0) is 4.79 Å². The first-order valence-electron chi connectivity index (χ1n) is 9.74. The van der Waals surface area contributed by atoms with Gasteiger partial charge >= 0.3 is 0 Å². The molecule has 8 heteroatoms. The summed E-state index contributed by atoms with van der Waals surface area (Å²) in [6, 6.07) is 2.89. The van der Waals surface area contributed by atoms with Crippen LogP contribution in [0.1, 0.15) is 75.0 Å². The summed E-state index contributed by atoms with van der Waals surface area (Å²) in [5, 5.41) is 8.72. The first-order chi connectivity index (χ1) is 13.4. The molecule has 3 rings (SSSR count). The molecule has 1 N–H and O–H groups in total. The Kier molecular flexibility index (Phi) is 6.39. The van der Waals surface area contributed by atoms with Gasteiger partial charge in [-0.15, -0.1) is 5.10 Å². The minimum atomic E-state index is -0.753. The number of nitrogens with one attached hydrogen (secondary N) is 1. The Hall–Kier alpha value is -2.35. The van der Waals surface area contributed by atoms with Crippen LogP contribution in [0.2, 0.25) is 0 Å². The third-order valence-corrected chi connectivity index (χ3v) is 5.91. The van der Waals surface area contributed by atoms with E-state index in [4.69, 9.17) is 0 Å². The number of carbonyl (C=O) groups is 2. The Morgan fingerprint density at radius 2 is 2.11 bits per heavy atom. The topological polar surface area (TPSA) is 88.1 Å². The van der Waals surface area contributed by atoms with Crippen LogP contribution in [0.5, 0.6) is 0 Å². The Labute approximate surface area is 169 Å². The van der Waals surface area contributed by atoms with Crippen molar-refractivity contribution in [1.82, 2.24) is 24.8 Å². The lowest BCUT2D eigenvalue weighted by atomic mass is 9.98. The zero-order valence-corrected chi connectivity index (χ0v) is 17.4. The number of nitrogens with zero attached hydrogens (tertiary/aromatic N) is 4. The maximum atomic E-state index is 13.4. The van der Waals surface area contributed by atoms with Gasteiger partial charge in [-0.05, 0) is 50.7 Å². The van der Waals surface area contributed by atoms with Crippen molar-refractivity contribution in [2.75, 3.05) is 0 Å². The van der Waals surface area contributed by atoms with Gasteiger partial charge in [-0.2, -0.15) is 0 Å². The molecule has 0 aromatic carbocycles. The van der Waals surface area contributed by atoms with Crippen molar-refractivity contribution < 1.29 is 9.59 Å².